The highest BCUT2D eigenvalue weighted by Crippen LogP contribution is 2.28. The second kappa shape index (κ2) is 3.87. The van der Waals surface area contributed by atoms with Gasteiger partial charge in [0.25, 0.3) is 0 Å². The number of hydrogen-bond acceptors (Lipinski definition) is 3. The summed E-state index contributed by atoms with van der Waals surface area (Å²) >= 11 is 0. The van der Waals surface area contributed by atoms with Crippen LogP contribution in [0.5, 0.6) is 0 Å². The number of carbonyl (C=O) groups is 2. The van der Waals surface area contributed by atoms with Crippen LogP contribution in [0.4, 0.5) is 5.69 Å². The van der Waals surface area contributed by atoms with Gasteiger partial charge < -0.3 is 10.7 Å². The molecule has 5 heteroatoms. The summed E-state index contributed by atoms with van der Waals surface area (Å²) in [6.45, 7) is 0. The van der Waals surface area contributed by atoms with E-state index in [0.717, 1.165) is 16.6 Å². The quantitative estimate of drug-likeness (QED) is 0.520. The van der Waals surface area contributed by atoms with Gasteiger partial charge >= 0.3 is 0 Å². The average molecular weight is 243 g/mol. The van der Waals surface area contributed by atoms with Crippen molar-refractivity contribution in [2.24, 2.45) is 0 Å². The molecule has 1 atom stereocenters. The van der Waals surface area contributed by atoms with Crippen LogP contribution in [0.15, 0.2) is 24.3 Å². The molecule has 4 N–H and O–H groups in total. The lowest BCUT2D eigenvalue weighted by Crippen LogP contribution is -2.39. The molecule has 1 unspecified atom stereocenters. The molecule has 0 spiro atoms. The van der Waals surface area contributed by atoms with Crippen LogP contribution in [-0.4, -0.2) is 16.8 Å². The van der Waals surface area contributed by atoms with E-state index in [9.17, 15) is 9.59 Å². The van der Waals surface area contributed by atoms with Crippen LogP contribution >= 0.6 is 0 Å². The van der Waals surface area contributed by atoms with E-state index in [2.05, 4.69) is 10.3 Å². The number of carbonyl (C=O) groups excluding carboxylic acids is 2. The number of amides is 2. The molecule has 0 saturated carbocycles. The molecule has 1 aliphatic heterocycles. The van der Waals surface area contributed by atoms with Crippen molar-refractivity contribution < 1.29 is 9.59 Å². The number of rotatable bonds is 1. The molecule has 92 valence electrons. The molecule has 2 amide bonds. The van der Waals surface area contributed by atoms with Gasteiger partial charge in [-0.05, 0) is 30.0 Å². The third-order valence-electron chi connectivity index (χ3n) is 3.28. The molecular formula is C13H13N3O2. The van der Waals surface area contributed by atoms with Crippen LogP contribution in [0.25, 0.3) is 10.9 Å². The fraction of sp³-hybridized carbons (Fsp3) is 0.231. The highest BCUT2D eigenvalue weighted by molar-refractivity contribution is 6.01. The summed E-state index contributed by atoms with van der Waals surface area (Å²) < 4.78 is 0. The van der Waals surface area contributed by atoms with E-state index < -0.39 is 0 Å². The highest BCUT2D eigenvalue weighted by atomic mass is 16.2. The van der Waals surface area contributed by atoms with Crippen LogP contribution in [0.2, 0.25) is 0 Å². The molecule has 0 bridgehead atoms. The van der Waals surface area contributed by atoms with Gasteiger partial charge in [-0.3, -0.25) is 14.9 Å². The van der Waals surface area contributed by atoms with Gasteiger partial charge in [-0.1, -0.05) is 6.07 Å². The molecule has 1 aliphatic rings. The van der Waals surface area contributed by atoms with Crippen molar-refractivity contribution in [3.05, 3.63) is 30.0 Å². The number of hydrogen-bond donors (Lipinski definition) is 3. The molecule has 1 saturated heterocycles. The zero-order chi connectivity index (χ0) is 12.7. The van der Waals surface area contributed by atoms with Gasteiger partial charge in [-0.2, -0.15) is 0 Å². The maximum atomic E-state index is 11.8. The van der Waals surface area contributed by atoms with Crippen molar-refractivity contribution in [1.82, 2.24) is 10.3 Å². The summed E-state index contributed by atoms with van der Waals surface area (Å²) in [4.78, 5) is 26.1. The minimum Gasteiger partial charge on any atom is -0.399 e. The summed E-state index contributed by atoms with van der Waals surface area (Å²) in [6, 6.07) is 7.51. The predicted molar refractivity (Wildman–Crippen MR) is 67.8 cm³/mol. The van der Waals surface area contributed by atoms with E-state index in [1.54, 1.807) is 0 Å². The maximum absolute atomic E-state index is 11.8. The Labute approximate surface area is 103 Å². The summed E-state index contributed by atoms with van der Waals surface area (Å²) in [5.74, 6) is -0.710. The van der Waals surface area contributed by atoms with Crippen LogP contribution in [0, 0.1) is 0 Å². The monoisotopic (exact) mass is 243 g/mol. The van der Waals surface area contributed by atoms with Gasteiger partial charge in [0.15, 0.2) is 0 Å². The zero-order valence-electron chi connectivity index (χ0n) is 9.69. The third kappa shape index (κ3) is 1.73. The number of piperidine rings is 1. The van der Waals surface area contributed by atoms with Gasteiger partial charge in [0.1, 0.15) is 0 Å². The number of aromatic nitrogens is 1. The average Bonchev–Trinajstić information content (AvgIpc) is 2.71. The molecular weight excluding hydrogens is 230 g/mol. The first kappa shape index (κ1) is 10.8. The van der Waals surface area contributed by atoms with Crippen molar-refractivity contribution in [3.63, 3.8) is 0 Å². The topological polar surface area (TPSA) is 88.0 Å². The van der Waals surface area contributed by atoms with E-state index in [0.29, 0.717) is 18.5 Å². The number of benzene rings is 1. The van der Waals surface area contributed by atoms with Crippen LogP contribution in [-0.2, 0) is 9.59 Å². The Morgan fingerprint density at radius 2 is 2.06 bits per heavy atom. The molecule has 18 heavy (non-hydrogen) atoms. The number of nitrogens with one attached hydrogen (secondary N) is 2. The van der Waals surface area contributed by atoms with Crippen molar-refractivity contribution >= 4 is 28.4 Å². The molecule has 1 aromatic carbocycles. The second-order valence-electron chi connectivity index (χ2n) is 4.58. The van der Waals surface area contributed by atoms with Gasteiger partial charge in [0.05, 0.1) is 5.92 Å². The van der Waals surface area contributed by atoms with Crippen molar-refractivity contribution in [2.75, 3.05) is 5.73 Å². The molecule has 5 nitrogen and oxygen atoms in total. The maximum Gasteiger partial charge on any atom is 0.235 e. The predicted octanol–water partition coefficient (Wildman–Crippen LogP) is 1.27. The molecule has 0 radical (unpaired) electrons. The fourth-order valence-corrected chi connectivity index (χ4v) is 2.35. The fourth-order valence-electron chi connectivity index (χ4n) is 2.35. The molecule has 1 aromatic heterocycles. The lowest BCUT2D eigenvalue weighted by molar-refractivity contribution is -0.134. The number of fused-ring (bicyclic) bond motifs is 1. The normalized spacial score (nSPS) is 20.1. The van der Waals surface area contributed by atoms with Gasteiger partial charge in [-0.15, -0.1) is 0 Å². The Bertz CT molecular complexity index is 645. The Hall–Kier alpha value is -2.30. The summed E-state index contributed by atoms with van der Waals surface area (Å²) in [5, 5.41) is 3.38. The van der Waals surface area contributed by atoms with Crippen molar-refractivity contribution in [1.29, 1.82) is 0 Å². The summed E-state index contributed by atoms with van der Waals surface area (Å²) in [5.41, 5.74) is 8.14. The van der Waals surface area contributed by atoms with Crippen LogP contribution in [0.1, 0.15) is 24.5 Å². The van der Waals surface area contributed by atoms with Gasteiger partial charge in [0, 0.05) is 23.3 Å². The second-order valence-corrected chi connectivity index (χ2v) is 4.58. The largest absolute Gasteiger partial charge is 0.399 e. The molecule has 3 rings (SSSR count). The third-order valence-corrected chi connectivity index (χ3v) is 3.28. The molecule has 0 aliphatic carbocycles. The van der Waals surface area contributed by atoms with E-state index in [4.69, 9.17) is 5.73 Å². The van der Waals surface area contributed by atoms with E-state index in [1.807, 2.05) is 24.3 Å². The summed E-state index contributed by atoms with van der Waals surface area (Å²) in [6.07, 6.45) is 0.931. The number of aromatic amines is 1. The number of nitrogen functional groups attached to an aromatic ring is 1. The smallest absolute Gasteiger partial charge is 0.235 e. The Morgan fingerprint density at radius 3 is 2.83 bits per heavy atom. The summed E-state index contributed by atoms with van der Waals surface area (Å²) in [7, 11) is 0. The minimum atomic E-state index is -0.281. The Balaban J connectivity index is 1.99. The first-order chi connectivity index (χ1) is 8.63. The van der Waals surface area contributed by atoms with Crippen LogP contribution < -0.4 is 11.1 Å². The number of anilines is 1. The van der Waals surface area contributed by atoms with E-state index >= 15 is 0 Å². The van der Waals surface area contributed by atoms with Crippen LogP contribution in [0.3, 0.4) is 0 Å². The number of H-pyrrole nitrogens is 1. The highest BCUT2D eigenvalue weighted by Gasteiger charge is 2.28. The van der Waals surface area contributed by atoms with Crippen molar-refractivity contribution in [2.45, 2.75) is 18.8 Å². The molecule has 1 fully saturated rings. The Kier molecular flexibility index (Phi) is 2.33. The lowest BCUT2D eigenvalue weighted by Gasteiger charge is -2.19. The SMILES string of the molecule is Nc1ccc2cc(C3CCC(=O)NC3=O)[nH]c2c1. The molecule has 2 aromatic rings. The lowest BCUT2D eigenvalue weighted by atomic mass is 9.95. The minimum absolute atomic E-state index is 0.198. The van der Waals surface area contributed by atoms with E-state index in [1.165, 1.54) is 0 Å². The van der Waals surface area contributed by atoms with Gasteiger partial charge in [-0.25, -0.2) is 0 Å². The first-order valence-corrected chi connectivity index (χ1v) is 5.85. The van der Waals surface area contributed by atoms with Crippen molar-refractivity contribution in [3.8, 4) is 0 Å². The van der Waals surface area contributed by atoms with E-state index in [-0.39, 0.29) is 17.7 Å². The first-order valence-electron chi connectivity index (χ1n) is 5.85. The Morgan fingerprint density at radius 1 is 1.22 bits per heavy atom. The van der Waals surface area contributed by atoms with Gasteiger partial charge in [0.2, 0.25) is 11.8 Å². The standard InChI is InChI=1S/C13H13N3O2/c14-8-2-1-7-5-11(15-10(7)6-8)9-3-4-12(17)16-13(9)18/h1-2,5-6,9,15H,3-4,14H2,(H,16,17,18). The zero-order valence-corrected chi connectivity index (χ0v) is 9.69. The number of imide groups is 1. The molecule has 2 heterocycles. The number of nitrogens with two attached hydrogens (primary N) is 1.